The Hall–Kier alpha value is -15.8. The Bertz CT molecular complexity index is 5440. The topological polar surface area (TPSA) is 850 Å². The van der Waals surface area contributed by atoms with Crippen LogP contribution in [0.2, 0.25) is 0 Å². The van der Waals surface area contributed by atoms with Crippen molar-refractivity contribution in [1.82, 2.24) is 90.1 Å². The number of hydrogen-bond donors (Lipinski definition) is 29. The van der Waals surface area contributed by atoms with E-state index in [1.165, 1.54) is 55.5 Å². The summed E-state index contributed by atoms with van der Waals surface area (Å²) >= 11 is 0. The monoisotopic (exact) mass is 2100 g/mol. The molecule has 0 aliphatic heterocycles. The number of aliphatic hydroxyl groups is 1. The number of fused-ring (bicyclic) bond motifs is 1. The van der Waals surface area contributed by atoms with E-state index in [4.69, 9.17) is 22.9 Å². The molecule has 5 aromatic rings. The minimum absolute atomic E-state index is 0.0118. The van der Waals surface area contributed by atoms with Crippen LogP contribution in [0.5, 0.6) is 11.5 Å². The van der Waals surface area contributed by atoms with Gasteiger partial charge in [0, 0.05) is 68.5 Å². The molecule has 0 fully saturated rings. The molecule has 16 atom stereocenters. The zero-order chi connectivity index (χ0) is 112. The van der Waals surface area contributed by atoms with E-state index < -0.39 is 316 Å². The number of carboxylic acid groups (broad SMARTS) is 5. The molecular weight excluding hydrogens is 1960 g/mol. The summed E-state index contributed by atoms with van der Waals surface area (Å²) in [7, 11) is 0. The second-order valence-electron chi connectivity index (χ2n) is 37.1. The summed E-state index contributed by atoms with van der Waals surface area (Å²) in [5, 5.41) is 120. The number of aromatic hydroxyl groups is 2. The minimum atomic E-state index is -2.16. The number of aromatic nitrogens is 1. The second kappa shape index (κ2) is 64.3. The van der Waals surface area contributed by atoms with Crippen molar-refractivity contribution in [3.63, 3.8) is 0 Å². The van der Waals surface area contributed by atoms with E-state index in [-0.39, 0.29) is 99.9 Å². The molecule has 1 aromatic heterocycles. The predicted octanol–water partition coefficient (Wildman–Crippen LogP) is -4.00. The molecule has 33 N–H and O–H groups in total. The molecule has 150 heavy (non-hydrogen) atoms. The van der Waals surface area contributed by atoms with Crippen molar-refractivity contribution >= 4 is 141 Å². The smallest absolute Gasteiger partial charge is 0.326 e. The number of benzene rings is 4. The van der Waals surface area contributed by atoms with Crippen molar-refractivity contribution in [2.45, 2.75) is 273 Å². The maximum atomic E-state index is 15.0. The number of unbranched alkanes of at least 4 members (excludes halogenated alkanes) is 2. The first-order valence-corrected chi connectivity index (χ1v) is 49.1. The fraction of sp³-hybridized carbons (Fsp3) is 0.515. The van der Waals surface area contributed by atoms with E-state index >= 15 is 4.79 Å². The molecule has 51 nitrogen and oxygen atoms in total. The zero-order valence-corrected chi connectivity index (χ0v) is 84.2. The number of phenols is 2. The zero-order valence-electron chi connectivity index (χ0n) is 84.2. The number of aliphatic hydroxyl groups excluding tert-OH is 1. The Morgan fingerprint density at radius 1 is 0.340 bits per heavy atom. The first-order valence-electron chi connectivity index (χ1n) is 49.1. The van der Waals surface area contributed by atoms with Gasteiger partial charge in [-0.1, -0.05) is 121 Å². The van der Waals surface area contributed by atoms with Gasteiger partial charge in [-0.3, -0.25) is 101 Å². The molecule has 0 unspecified atom stereocenters. The number of para-hydroxylation sites is 1. The number of amides is 17. The maximum Gasteiger partial charge on any atom is 0.326 e. The third-order valence-electron chi connectivity index (χ3n) is 23.9. The summed E-state index contributed by atoms with van der Waals surface area (Å²) in [6.45, 7) is 7.24. The largest absolute Gasteiger partial charge is 0.508 e. The van der Waals surface area contributed by atoms with Crippen LogP contribution in [0.15, 0.2) is 109 Å². The number of aliphatic carboxylic acids is 5. The highest BCUT2D eigenvalue weighted by atomic mass is 16.4. The molecule has 822 valence electrons. The van der Waals surface area contributed by atoms with Gasteiger partial charge in [-0.2, -0.15) is 0 Å². The first-order chi connectivity index (χ1) is 71.0. The maximum absolute atomic E-state index is 15.0. The molecule has 0 radical (unpaired) electrons. The van der Waals surface area contributed by atoms with Gasteiger partial charge in [0.05, 0.1) is 32.2 Å². The number of carboxylic acids is 5. The highest BCUT2D eigenvalue weighted by molar-refractivity contribution is 6.02. The van der Waals surface area contributed by atoms with Gasteiger partial charge in [-0.05, 0) is 160 Å². The molecule has 0 spiro atoms. The van der Waals surface area contributed by atoms with E-state index in [0.29, 0.717) is 41.3 Å². The molecule has 0 saturated carbocycles. The van der Waals surface area contributed by atoms with Crippen LogP contribution in [-0.4, -0.2) is 300 Å². The van der Waals surface area contributed by atoms with Gasteiger partial charge < -0.3 is 154 Å². The van der Waals surface area contributed by atoms with Crippen LogP contribution in [-0.2, 0) is 131 Å². The van der Waals surface area contributed by atoms with Crippen molar-refractivity contribution in [3.05, 3.63) is 132 Å². The lowest BCUT2D eigenvalue weighted by Gasteiger charge is -2.30. The molecular formula is C99H141N21O30. The number of aromatic amines is 1. The van der Waals surface area contributed by atoms with Crippen molar-refractivity contribution in [1.29, 1.82) is 0 Å². The molecule has 4 aromatic carbocycles. The summed E-state index contributed by atoms with van der Waals surface area (Å²) in [6, 6.07) is -0.361. The van der Waals surface area contributed by atoms with E-state index in [2.05, 4.69) is 90.1 Å². The van der Waals surface area contributed by atoms with Crippen LogP contribution < -0.4 is 108 Å². The summed E-state index contributed by atoms with van der Waals surface area (Å²) in [5.41, 5.74) is 24.4. The third-order valence-corrected chi connectivity index (χ3v) is 23.9. The normalized spacial score (nSPS) is 14.3. The number of rotatable bonds is 70. The van der Waals surface area contributed by atoms with E-state index in [9.17, 15) is 142 Å². The Morgan fingerprint density at radius 2 is 0.700 bits per heavy atom. The van der Waals surface area contributed by atoms with Crippen LogP contribution in [0.1, 0.15) is 179 Å². The lowest BCUT2D eigenvalue weighted by molar-refractivity contribution is -0.143. The number of H-pyrrole nitrogens is 1. The van der Waals surface area contributed by atoms with E-state index in [0.717, 1.165) is 0 Å². The summed E-state index contributed by atoms with van der Waals surface area (Å²) < 4.78 is 0. The van der Waals surface area contributed by atoms with Crippen molar-refractivity contribution in [3.8, 4) is 11.5 Å². The molecule has 0 saturated heterocycles. The minimum Gasteiger partial charge on any atom is -0.508 e. The van der Waals surface area contributed by atoms with Gasteiger partial charge in [0.1, 0.15) is 96.1 Å². The number of hydrogen-bond acceptors (Lipinski definition) is 28. The highest BCUT2D eigenvalue weighted by Crippen LogP contribution is 2.23. The highest BCUT2D eigenvalue weighted by Gasteiger charge is 2.41. The molecule has 5 rings (SSSR count). The second-order valence-corrected chi connectivity index (χ2v) is 37.1. The third kappa shape index (κ3) is 45.3. The van der Waals surface area contributed by atoms with Crippen LogP contribution in [0.3, 0.4) is 0 Å². The number of carbonyl (C=O) groups excluding carboxylic acids is 17. The number of carbonyl (C=O) groups is 22. The fourth-order valence-electron chi connectivity index (χ4n) is 15.5. The summed E-state index contributed by atoms with van der Waals surface area (Å²) in [5.74, 6) is -28.5. The lowest BCUT2D eigenvalue weighted by atomic mass is 9.96. The van der Waals surface area contributed by atoms with Crippen LogP contribution in [0, 0.1) is 17.8 Å². The van der Waals surface area contributed by atoms with Crippen molar-refractivity contribution in [2.75, 3.05) is 32.8 Å². The van der Waals surface area contributed by atoms with Crippen LogP contribution >= 0.6 is 0 Å². The van der Waals surface area contributed by atoms with E-state index in [1.54, 1.807) is 95.4 Å². The van der Waals surface area contributed by atoms with Gasteiger partial charge in [0.25, 0.3) is 0 Å². The number of nitrogens with one attached hydrogen (secondary N) is 17. The fourth-order valence-corrected chi connectivity index (χ4v) is 15.5. The lowest BCUT2D eigenvalue weighted by Crippen LogP contribution is -2.62. The predicted molar refractivity (Wildman–Crippen MR) is 537 cm³/mol. The van der Waals surface area contributed by atoms with Gasteiger partial charge >= 0.3 is 29.8 Å². The average Bonchev–Trinajstić information content (AvgIpc) is 1.65. The van der Waals surface area contributed by atoms with Crippen LogP contribution in [0.4, 0.5) is 0 Å². The van der Waals surface area contributed by atoms with E-state index in [1.807, 2.05) is 0 Å². The van der Waals surface area contributed by atoms with Gasteiger partial charge in [-0.25, -0.2) is 4.79 Å². The Balaban J connectivity index is 1.36. The number of nitrogens with two attached hydrogens (primary N) is 4. The Morgan fingerprint density at radius 3 is 1.14 bits per heavy atom. The standard InChI is InChI=1S/C99H141N21O30/c1-7-54(6)84(120-96(146)73(45-57-25-29-60(123)30-26-57)115-95(145)75(47-83(133)134)118-93(143)72(44-56-23-27-59(122)28-24-56)114-92(142)71(43-55-17-9-8-10-18-55)116-97(147)76(51-121)119-85(135)62(102)31-35-77(103)124)98(148)110-67(34-38-82(131)132)89(139)109-66(33-37-81(129)130)90(140)113-70(42-53(4)5)91(141)112-69(41-52(2)3)86(136)106-49-78(125)105-50-79(126)107-65(32-36-80(127)128)88(138)117-74(46-58-48-104-63-20-12-11-19-61(58)63)94(144)108-64(21-13-15-39-100)87(137)111-68(99(149)150)22-14-16-40-101/h8-12,17-20,23-30,48,52-54,62,64-76,84,104,121-123H,7,13-16,21-22,31-47,49-51,100-102H2,1-6H3,(H2,103,124)(H,105,125)(H,106,136)(H,107,126)(H,108,144)(H,109,139)(H,110,148)(H,111,137)(H,112,141)(H,113,140)(H,114,142)(H,115,145)(H,116,147)(H,117,138)(H,118,143)(H,119,135)(H,120,146)(H,127,128)(H,129,130)(H,131,132)(H,133,134)(H,149,150)/t54-,62-,64-,65-,66-,67-,68-,69-,70-,71-,72-,73-,74-,75-,76-,84-/m0/s1. The average molecular weight is 2110 g/mol. The molecule has 0 bridgehead atoms. The molecule has 17 amide bonds. The summed E-state index contributed by atoms with van der Waals surface area (Å²) in [6.07, 6.45) is -5.19. The Kier molecular flexibility index (Phi) is 53.5. The molecule has 51 heteroatoms. The first kappa shape index (κ1) is 125. The number of primary amides is 1. The van der Waals surface area contributed by atoms with Gasteiger partial charge in [0.15, 0.2) is 0 Å². The quantitative estimate of drug-likeness (QED) is 0.0165. The summed E-state index contributed by atoms with van der Waals surface area (Å²) in [4.78, 5) is 305. The van der Waals surface area contributed by atoms with Gasteiger partial charge in [-0.15, -0.1) is 0 Å². The molecule has 1 heterocycles. The van der Waals surface area contributed by atoms with Crippen molar-refractivity contribution < 1.29 is 146 Å². The Labute approximate surface area is 863 Å². The van der Waals surface area contributed by atoms with Gasteiger partial charge in [0.2, 0.25) is 100 Å². The number of phenolic OH excluding ortho intramolecular Hbond substituents is 2. The molecule has 0 aliphatic carbocycles. The molecule has 0 aliphatic rings. The SMILES string of the molecule is CC[C@H](C)[C@H](NC(=O)[C@H](Cc1ccc(O)cc1)NC(=O)[C@H](CC(=O)O)NC(=O)[C@H](Cc1ccc(O)cc1)NC(=O)[C@H](Cc1ccccc1)NC(=O)[C@H](CO)NC(=O)[C@@H](N)CCC(N)=O)C(=O)N[C@@H](CCC(=O)O)C(=O)N[C@@H](CCC(=O)O)C(=O)N[C@@H](CC(C)C)C(=O)N[C@@H](CC(C)C)C(=O)NCC(=O)NCC(=O)N[C@@H](CCC(=O)O)C(=O)N[C@@H](Cc1c[nH]c2ccccc12)C(=O)N[C@@H](CCCCN)C(=O)N[C@@H](CCCCN)C(=O)O. The van der Waals surface area contributed by atoms with Crippen LogP contribution in [0.25, 0.3) is 10.9 Å². The van der Waals surface area contributed by atoms with Crippen molar-refractivity contribution in [2.24, 2.45) is 40.7 Å².